The molecular weight excluding hydrogens is 386 g/mol. The first-order valence-electron chi connectivity index (χ1n) is 10.6. The quantitative estimate of drug-likeness (QED) is 0.182. The van der Waals surface area contributed by atoms with Crippen LogP contribution in [0.2, 0.25) is 0 Å². The van der Waals surface area contributed by atoms with Gasteiger partial charge in [-0.3, -0.25) is 9.45 Å². The Morgan fingerprint density at radius 1 is 0.679 bits per heavy atom. The van der Waals surface area contributed by atoms with Gasteiger partial charge in [0.25, 0.3) is 0 Å². The number of unbranched alkanes of at least 4 members (excludes halogenated alkanes) is 10. The zero-order chi connectivity index (χ0) is 21.5. The third-order valence-electron chi connectivity index (χ3n) is 4.23. The Balaban J connectivity index is 0. The van der Waals surface area contributed by atoms with Gasteiger partial charge < -0.3 is 15.3 Å². The molecule has 0 aromatic carbocycles. The summed E-state index contributed by atoms with van der Waals surface area (Å²) in [5.41, 5.74) is 0. The Kier molecular flexibility index (Phi) is 24.6. The molecule has 0 aliphatic carbocycles. The van der Waals surface area contributed by atoms with Crippen molar-refractivity contribution in [3.63, 3.8) is 0 Å². The van der Waals surface area contributed by atoms with Gasteiger partial charge in [0, 0.05) is 19.6 Å². The van der Waals surface area contributed by atoms with Gasteiger partial charge in [0.1, 0.15) is 0 Å². The molecule has 0 saturated carbocycles. The van der Waals surface area contributed by atoms with E-state index in [-0.39, 0.29) is 26.4 Å². The number of aliphatic hydroxyl groups excluding tert-OH is 3. The summed E-state index contributed by atoms with van der Waals surface area (Å²) in [5, 5.41) is 25.5. The Labute approximate surface area is 171 Å². The maximum Gasteiger partial charge on any atom is 0.397 e. The number of hydrogen-bond acceptors (Lipinski definition) is 7. The molecule has 9 heteroatoms. The zero-order valence-electron chi connectivity index (χ0n) is 17.6. The van der Waals surface area contributed by atoms with Crippen LogP contribution < -0.4 is 0 Å². The largest absolute Gasteiger partial charge is 0.397 e. The van der Waals surface area contributed by atoms with Crippen LogP contribution in [0.4, 0.5) is 0 Å². The summed E-state index contributed by atoms with van der Waals surface area (Å²) < 4.78 is 33.1. The van der Waals surface area contributed by atoms with Crippen molar-refractivity contribution in [3.05, 3.63) is 0 Å². The molecule has 0 aliphatic heterocycles. The Morgan fingerprint density at radius 3 is 1.36 bits per heavy atom. The predicted octanol–water partition coefficient (Wildman–Crippen LogP) is 2.38. The summed E-state index contributed by atoms with van der Waals surface area (Å²) in [6.45, 7) is 4.07. The average Bonchev–Trinajstić information content (AvgIpc) is 2.63. The molecular formula is C19H43NO7S. The van der Waals surface area contributed by atoms with Gasteiger partial charge in [0.2, 0.25) is 0 Å². The van der Waals surface area contributed by atoms with Gasteiger partial charge in [-0.2, -0.15) is 8.42 Å². The fourth-order valence-corrected chi connectivity index (χ4v) is 3.02. The topological polar surface area (TPSA) is 128 Å². The van der Waals surface area contributed by atoms with Gasteiger partial charge in [-0.05, 0) is 6.42 Å². The van der Waals surface area contributed by atoms with Crippen molar-refractivity contribution in [2.24, 2.45) is 0 Å². The average molecular weight is 430 g/mol. The van der Waals surface area contributed by atoms with Gasteiger partial charge >= 0.3 is 10.4 Å². The second-order valence-electron chi connectivity index (χ2n) is 6.80. The van der Waals surface area contributed by atoms with Crippen LogP contribution in [0.5, 0.6) is 0 Å². The standard InChI is InChI=1S/C13H28O4S.C6H15NO3/c1-2-3-4-5-6-7-8-9-10-11-12-13-17-18(14,15)16;8-4-1-7(2-5-9)3-6-10/h2-13H2,1H3,(H,14,15,16);8-10H,1-6H2. The monoisotopic (exact) mass is 429 g/mol. The smallest absolute Gasteiger partial charge is 0.395 e. The fraction of sp³-hybridized carbons (Fsp3) is 1.00. The fourth-order valence-electron chi connectivity index (χ4n) is 2.69. The van der Waals surface area contributed by atoms with E-state index in [9.17, 15) is 8.42 Å². The molecule has 0 aliphatic rings. The highest BCUT2D eigenvalue weighted by molar-refractivity contribution is 7.80. The zero-order valence-corrected chi connectivity index (χ0v) is 18.4. The molecule has 28 heavy (non-hydrogen) atoms. The van der Waals surface area contributed by atoms with Crippen molar-refractivity contribution < 1.29 is 32.5 Å². The van der Waals surface area contributed by atoms with E-state index in [0.29, 0.717) is 26.1 Å². The number of nitrogens with zero attached hydrogens (tertiary/aromatic N) is 1. The maximum absolute atomic E-state index is 10.2. The highest BCUT2D eigenvalue weighted by Gasteiger charge is 2.02. The van der Waals surface area contributed by atoms with Gasteiger partial charge in [0.05, 0.1) is 26.4 Å². The third kappa shape index (κ3) is 27.9. The van der Waals surface area contributed by atoms with Crippen molar-refractivity contribution in [2.75, 3.05) is 46.1 Å². The molecule has 0 heterocycles. The number of aliphatic hydroxyl groups is 3. The molecule has 0 fully saturated rings. The summed E-state index contributed by atoms with van der Waals surface area (Å²) in [4.78, 5) is 1.79. The van der Waals surface area contributed by atoms with E-state index < -0.39 is 10.4 Å². The minimum atomic E-state index is -4.24. The summed E-state index contributed by atoms with van der Waals surface area (Å²) in [5.74, 6) is 0. The van der Waals surface area contributed by atoms with Crippen molar-refractivity contribution >= 4 is 10.4 Å². The summed E-state index contributed by atoms with van der Waals surface area (Å²) in [6, 6.07) is 0. The highest BCUT2D eigenvalue weighted by atomic mass is 32.3. The molecule has 0 spiro atoms. The number of rotatable bonds is 19. The van der Waals surface area contributed by atoms with Crippen LogP contribution in [-0.4, -0.2) is 79.3 Å². The molecule has 0 rings (SSSR count). The van der Waals surface area contributed by atoms with E-state index in [1.807, 2.05) is 0 Å². The summed E-state index contributed by atoms with van der Waals surface area (Å²) >= 11 is 0. The minimum absolute atomic E-state index is 0.0694. The molecule has 172 valence electrons. The second kappa shape index (κ2) is 23.0. The maximum atomic E-state index is 10.2. The molecule has 0 bridgehead atoms. The van der Waals surface area contributed by atoms with Gasteiger partial charge in [0.15, 0.2) is 0 Å². The van der Waals surface area contributed by atoms with Gasteiger partial charge in [-0.1, -0.05) is 71.1 Å². The lowest BCUT2D eigenvalue weighted by Crippen LogP contribution is -2.32. The lowest BCUT2D eigenvalue weighted by atomic mass is 10.1. The Hall–Kier alpha value is -0.290. The SMILES string of the molecule is CCCCCCCCCCCCCOS(=O)(=O)O.OCCN(CCO)CCO. The Bertz CT molecular complexity index is 379. The summed E-state index contributed by atoms with van der Waals surface area (Å²) in [7, 11) is -4.24. The van der Waals surface area contributed by atoms with E-state index >= 15 is 0 Å². The van der Waals surface area contributed by atoms with Crippen LogP contribution in [0.25, 0.3) is 0 Å². The van der Waals surface area contributed by atoms with Crippen molar-refractivity contribution in [3.8, 4) is 0 Å². The molecule has 0 aromatic rings. The molecule has 0 saturated heterocycles. The lowest BCUT2D eigenvalue weighted by Gasteiger charge is -2.17. The van der Waals surface area contributed by atoms with Crippen LogP contribution in [0.3, 0.4) is 0 Å². The van der Waals surface area contributed by atoms with Crippen LogP contribution >= 0.6 is 0 Å². The molecule has 4 N–H and O–H groups in total. The molecule has 0 amide bonds. The van der Waals surface area contributed by atoms with Crippen molar-refractivity contribution in [1.29, 1.82) is 0 Å². The third-order valence-corrected chi connectivity index (χ3v) is 4.69. The van der Waals surface area contributed by atoms with Crippen LogP contribution in [0.15, 0.2) is 0 Å². The molecule has 8 nitrogen and oxygen atoms in total. The van der Waals surface area contributed by atoms with E-state index in [1.165, 1.54) is 51.4 Å². The molecule has 0 atom stereocenters. The van der Waals surface area contributed by atoms with Crippen LogP contribution in [0, 0.1) is 0 Å². The van der Waals surface area contributed by atoms with Crippen LogP contribution in [-0.2, 0) is 14.6 Å². The Morgan fingerprint density at radius 2 is 1.04 bits per heavy atom. The van der Waals surface area contributed by atoms with Gasteiger partial charge in [-0.15, -0.1) is 0 Å². The summed E-state index contributed by atoms with van der Waals surface area (Å²) in [6.07, 6.45) is 13.3. The first-order chi connectivity index (χ1) is 13.4. The molecule has 0 aromatic heterocycles. The van der Waals surface area contributed by atoms with E-state index in [2.05, 4.69) is 11.1 Å². The van der Waals surface area contributed by atoms with E-state index in [0.717, 1.165) is 12.8 Å². The minimum Gasteiger partial charge on any atom is -0.395 e. The normalized spacial score (nSPS) is 11.5. The first-order valence-corrected chi connectivity index (χ1v) is 11.9. The highest BCUT2D eigenvalue weighted by Crippen LogP contribution is 2.11. The first kappa shape index (κ1) is 29.9. The van der Waals surface area contributed by atoms with Crippen LogP contribution in [0.1, 0.15) is 77.6 Å². The van der Waals surface area contributed by atoms with Gasteiger partial charge in [-0.25, -0.2) is 4.18 Å². The van der Waals surface area contributed by atoms with Crippen molar-refractivity contribution in [1.82, 2.24) is 4.90 Å². The molecule has 0 radical (unpaired) electrons. The number of hydrogen-bond donors (Lipinski definition) is 4. The second-order valence-corrected chi connectivity index (χ2v) is 7.89. The van der Waals surface area contributed by atoms with E-state index in [4.69, 9.17) is 19.9 Å². The molecule has 0 unspecified atom stereocenters. The van der Waals surface area contributed by atoms with E-state index in [1.54, 1.807) is 4.90 Å². The van der Waals surface area contributed by atoms with Crippen molar-refractivity contribution in [2.45, 2.75) is 77.6 Å². The predicted molar refractivity (Wildman–Crippen MR) is 112 cm³/mol. The lowest BCUT2D eigenvalue weighted by molar-refractivity contribution is 0.136.